The second-order valence-electron chi connectivity index (χ2n) is 5.21. The Morgan fingerprint density at radius 2 is 1.78 bits per heavy atom. The Kier molecular flexibility index (Phi) is 6.68. The Morgan fingerprint density at radius 1 is 1.11 bits per heavy atom. The van der Waals surface area contributed by atoms with Crippen molar-refractivity contribution in [3.8, 4) is 0 Å². The highest BCUT2D eigenvalue weighted by molar-refractivity contribution is 6.33. The molecular weight excluding hydrogens is 390 g/mol. The number of halogens is 5. The van der Waals surface area contributed by atoms with E-state index >= 15 is 0 Å². The van der Waals surface area contributed by atoms with Gasteiger partial charge in [-0.3, -0.25) is 14.6 Å². The monoisotopic (exact) mass is 401 g/mol. The smallest absolute Gasteiger partial charge is 0.322 e. The molecule has 0 heterocycles. The van der Waals surface area contributed by atoms with Gasteiger partial charge in [0.2, 0.25) is 0 Å². The molecule has 0 radical (unpaired) electrons. The summed E-state index contributed by atoms with van der Waals surface area (Å²) >= 11 is 5.81. The average molecular weight is 402 g/mol. The molecule has 0 amide bonds. The Bertz CT molecular complexity index is 918. The number of aliphatic imine (C=N–C) groups is 1. The van der Waals surface area contributed by atoms with Crippen LogP contribution in [0.3, 0.4) is 0 Å². The fourth-order valence-electron chi connectivity index (χ4n) is 2.09. The first-order valence-corrected chi connectivity index (χ1v) is 7.97. The number of carbonyl (C=O) groups is 2. The molecule has 0 saturated carbocycles. The molecule has 27 heavy (non-hydrogen) atoms. The highest BCUT2D eigenvalue weighted by Gasteiger charge is 2.30. The molecular formula is C18H12ClF4NO3. The van der Waals surface area contributed by atoms with Gasteiger partial charge in [-0.1, -0.05) is 11.6 Å². The van der Waals surface area contributed by atoms with E-state index in [2.05, 4.69) is 4.99 Å². The lowest BCUT2D eigenvalue weighted by Crippen LogP contribution is -2.28. The molecule has 0 aromatic heterocycles. The van der Waals surface area contributed by atoms with Crippen LogP contribution in [0, 0.1) is 29.2 Å². The number of rotatable bonds is 6. The van der Waals surface area contributed by atoms with Crippen LogP contribution < -0.4 is 0 Å². The van der Waals surface area contributed by atoms with Crippen LogP contribution in [-0.4, -0.2) is 24.6 Å². The van der Waals surface area contributed by atoms with Gasteiger partial charge in [0, 0.05) is 12.3 Å². The summed E-state index contributed by atoms with van der Waals surface area (Å²) in [5.41, 5.74) is -0.811. The van der Waals surface area contributed by atoms with E-state index < -0.39 is 46.5 Å². The Labute approximate surface area is 156 Å². The second kappa shape index (κ2) is 8.77. The lowest BCUT2D eigenvalue weighted by atomic mass is 9.98. The number of carbonyl (C=O) groups excluding carboxylic acids is 2. The van der Waals surface area contributed by atoms with Crippen molar-refractivity contribution >= 4 is 35.3 Å². The van der Waals surface area contributed by atoms with Gasteiger partial charge in [-0.05, 0) is 31.2 Å². The van der Waals surface area contributed by atoms with Crippen LogP contribution in [-0.2, 0) is 9.53 Å². The molecule has 0 aliphatic carbocycles. The summed E-state index contributed by atoms with van der Waals surface area (Å²) in [5.74, 6) is -8.92. The zero-order valence-corrected chi connectivity index (χ0v) is 14.6. The summed E-state index contributed by atoms with van der Waals surface area (Å²) in [5, 5.41) is -0.0969. The molecule has 0 N–H and O–H groups in total. The van der Waals surface area contributed by atoms with E-state index in [1.165, 1.54) is 13.0 Å². The van der Waals surface area contributed by atoms with E-state index in [4.69, 9.17) is 16.3 Å². The van der Waals surface area contributed by atoms with Gasteiger partial charge in [0.15, 0.2) is 23.3 Å². The lowest BCUT2D eigenvalue weighted by molar-refractivity contribution is -0.143. The van der Waals surface area contributed by atoms with Crippen LogP contribution in [0.2, 0.25) is 5.02 Å². The van der Waals surface area contributed by atoms with Crippen LogP contribution in [0.25, 0.3) is 0 Å². The molecule has 0 saturated heterocycles. The van der Waals surface area contributed by atoms with Crippen LogP contribution >= 0.6 is 11.6 Å². The van der Waals surface area contributed by atoms with Gasteiger partial charge in [-0.15, -0.1) is 0 Å². The van der Waals surface area contributed by atoms with Crippen molar-refractivity contribution in [2.45, 2.75) is 6.92 Å². The minimum absolute atomic E-state index is 0.0333. The predicted molar refractivity (Wildman–Crippen MR) is 90.3 cm³/mol. The maximum atomic E-state index is 13.9. The van der Waals surface area contributed by atoms with Crippen molar-refractivity contribution in [2.24, 2.45) is 10.9 Å². The summed E-state index contributed by atoms with van der Waals surface area (Å²) < 4.78 is 58.1. The number of ether oxygens (including phenoxy) is 1. The van der Waals surface area contributed by atoms with Gasteiger partial charge < -0.3 is 4.74 Å². The molecule has 142 valence electrons. The first kappa shape index (κ1) is 20.6. The Balaban J connectivity index is 2.42. The zero-order valence-electron chi connectivity index (χ0n) is 13.8. The predicted octanol–water partition coefficient (Wildman–Crippen LogP) is 4.66. The van der Waals surface area contributed by atoms with E-state index in [0.717, 1.165) is 18.3 Å². The van der Waals surface area contributed by atoms with E-state index in [-0.39, 0.29) is 23.4 Å². The van der Waals surface area contributed by atoms with Crippen molar-refractivity contribution in [3.05, 3.63) is 64.2 Å². The van der Waals surface area contributed by atoms with Gasteiger partial charge in [0.25, 0.3) is 0 Å². The zero-order chi connectivity index (χ0) is 20.1. The molecule has 2 aromatic carbocycles. The maximum absolute atomic E-state index is 13.9. The molecule has 0 aliphatic rings. The van der Waals surface area contributed by atoms with E-state index in [9.17, 15) is 27.2 Å². The molecule has 0 spiro atoms. The fourth-order valence-corrected chi connectivity index (χ4v) is 2.30. The van der Waals surface area contributed by atoms with Crippen LogP contribution in [0.5, 0.6) is 0 Å². The van der Waals surface area contributed by atoms with Crippen molar-refractivity contribution in [3.63, 3.8) is 0 Å². The fraction of sp³-hybridized carbons (Fsp3) is 0.167. The van der Waals surface area contributed by atoms with Crippen molar-refractivity contribution in [1.29, 1.82) is 0 Å². The molecule has 9 heteroatoms. The van der Waals surface area contributed by atoms with E-state index in [1.807, 2.05) is 0 Å². The Morgan fingerprint density at radius 3 is 2.41 bits per heavy atom. The molecule has 0 aliphatic heterocycles. The minimum Gasteiger partial charge on any atom is -0.465 e. The summed E-state index contributed by atoms with van der Waals surface area (Å²) in [6.07, 6.45) is 0.820. The SMILES string of the molecule is CCOC(=O)C(C=Nc1ccc(F)cc1Cl)C(=O)c1cc(F)c(F)cc1F. The number of benzene rings is 2. The first-order chi connectivity index (χ1) is 12.7. The van der Waals surface area contributed by atoms with Crippen LogP contribution in [0.4, 0.5) is 23.2 Å². The third kappa shape index (κ3) is 4.91. The van der Waals surface area contributed by atoms with Gasteiger partial charge in [-0.25, -0.2) is 17.6 Å². The highest BCUT2D eigenvalue weighted by atomic mass is 35.5. The third-order valence-corrected chi connectivity index (χ3v) is 3.67. The topological polar surface area (TPSA) is 55.7 Å². The highest BCUT2D eigenvalue weighted by Crippen LogP contribution is 2.26. The molecule has 2 rings (SSSR count). The number of hydrogen-bond acceptors (Lipinski definition) is 4. The van der Waals surface area contributed by atoms with Gasteiger partial charge in [-0.2, -0.15) is 0 Å². The summed E-state index contributed by atoms with van der Waals surface area (Å²) in [7, 11) is 0. The van der Waals surface area contributed by atoms with Gasteiger partial charge in [0.1, 0.15) is 11.6 Å². The van der Waals surface area contributed by atoms with Gasteiger partial charge in [0.05, 0.1) is 22.9 Å². The quantitative estimate of drug-likeness (QED) is 0.177. The standard InChI is InChI=1S/C18H12ClF4NO3/c1-2-27-18(26)11(8-24-16-4-3-9(20)5-12(16)19)17(25)10-6-14(22)15(23)7-13(10)21/h3-8,11H,2H2,1H3. The number of hydrogen-bond donors (Lipinski definition) is 0. The number of ketones is 1. The van der Waals surface area contributed by atoms with Crippen molar-refractivity contribution < 1.29 is 31.9 Å². The Hall–Kier alpha value is -2.74. The molecule has 1 unspecified atom stereocenters. The normalized spacial score (nSPS) is 12.2. The molecule has 4 nitrogen and oxygen atoms in total. The largest absolute Gasteiger partial charge is 0.465 e. The third-order valence-electron chi connectivity index (χ3n) is 3.37. The summed E-state index contributed by atoms with van der Waals surface area (Å²) in [6, 6.07) is 3.74. The van der Waals surface area contributed by atoms with Crippen LogP contribution in [0.15, 0.2) is 35.3 Å². The summed E-state index contributed by atoms with van der Waals surface area (Å²) in [4.78, 5) is 28.4. The van der Waals surface area contributed by atoms with Crippen LogP contribution in [0.1, 0.15) is 17.3 Å². The lowest BCUT2D eigenvalue weighted by Gasteiger charge is -2.11. The van der Waals surface area contributed by atoms with E-state index in [0.29, 0.717) is 6.07 Å². The average Bonchev–Trinajstić information content (AvgIpc) is 2.60. The number of nitrogens with zero attached hydrogens (tertiary/aromatic N) is 1. The molecule has 1 atom stereocenters. The first-order valence-electron chi connectivity index (χ1n) is 7.59. The van der Waals surface area contributed by atoms with Crippen molar-refractivity contribution in [1.82, 2.24) is 0 Å². The van der Waals surface area contributed by atoms with E-state index in [1.54, 1.807) is 0 Å². The number of Topliss-reactive ketones (excluding diaryl/α,β-unsaturated/α-hetero) is 1. The second-order valence-corrected chi connectivity index (χ2v) is 5.62. The molecule has 0 fully saturated rings. The number of esters is 1. The maximum Gasteiger partial charge on any atom is 0.322 e. The van der Waals surface area contributed by atoms with Gasteiger partial charge >= 0.3 is 5.97 Å². The van der Waals surface area contributed by atoms with Crippen molar-refractivity contribution in [2.75, 3.05) is 6.61 Å². The summed E-state index contributed by atoms with van der Waals surface area (Å²) in [6.45, 7) is 1.39. The molecule has 2 aromatic rings. The minimum atomic E-state index is -1.74. The molecule has 0 bridgehead atoms.